The quantitative estimate of drug-likeness (QED) is 0.554. The summed E-state index contributed by atoms with van der Waals surface area (Å²) in [6.45, 7) is 7.71. The van der Waals surface area contributed by atoms with Gasteiger partial charge < -0.3 is 4.74 Å². The molecule has 0 heterocycles. The highest BCUT2D eigenvalue weighted by atomic mass is 16.5. The van der Waals surface area contributed by atoms with E-state index in [1.54, 1.807) is 13.0 Å². The molecule has 1 aliphatic carbocycles. The predicted molar refractivity (Wildman–Crippen MR) is 64.9 cm³/mol. The Hall–Kier alpha value is -1.78. The Labute approximate surface area is 102 Å². The molecular weight excluding hydrogens is 214 g/mol. The van der Waals surface area contributed by atoms with Crippen molar-refractivity contribution in [2.75, 3.05) is 6.61 Å². The lowest BCUT2D eigenvalue weighted by Gasteiger charge is -2.25. The van der Waals surface area contributed by atoms with Crippen molar-refractivity contribution in [3.63, 3.8) is 0 Å². The molecule has 0 saturated carbocycles. The lowest BCUT2D eigenvalue weighted by Crippen LogP contribution is -2.29. The summed E-state index contributed by atoms with van der Waals surface area (Å²) < 4.78 is 5.05. The molecule has 1 rings (SSSR count). The summed E-state index contributed by atoms with van der Waals surface area (Å²) in [6.07, 6.45) is 3.63. The molecule has 0 N–H and O–H groups in total. The van der Waals surface area contributed by atoms with Crippen molar-refractivity contribution < 1.29 is 9.53 Å². The van der Waals surface area contributed by atoms with Crippen LogP contribution < -0.4 is 0 Å². The van der Waals surface area contributed by atoms with Crippen molar-refractivity contribution in [3.8, 4) is 6.07 Å². The number of allylic oxidation sites excluding steroid dienone is 2. The topological polar surface area (TPSA) is 50.1 Å². The van der Waals surface area contributed by atoms with Gasteiger partial charge in [-0.05, 0) is 32.4 Å². The Bertz CT molecular complexity index is 457. The molecule has 0 saturated heterocycles. The zero-order valence-electron chi connectivity index (χ0n) is 10.7. The minimum Gasteiger partial charge on any atom is -0.465 e. The van der Waals surface area contributed by atoms with Gasteiger partial charge in [0, 0.05) is 5.92 Å². The maximum atomic E-state index is 11.8. The van der Waals surface area contributed by atoms with Gasteiger partial charge in [-0.3, -0.25) is 4.79 Å². The number of nitrogens with zero attached hydrogens (tertiary/aromatic N) is 1. The number of hydrogen-bond acceptors (Lipinski definition) is 3. The summed E-state index contributed by atoms with van der Waals surface area (Å²) in [6, 6.07) is 2.09. The van der Waals surface area contributed by atoms with E-state index in [4.69, 9.17) is 10.00 Å². The summed E-state index contributed by atoms with van der Waals surface area (Å²) in [5.74, 6) is -0.259. The Morgan fingerprint density at radius 3 is 2.76 bits per heavy atom. The van der Waals surface area contributed by atoms with Gasteiger partial charge in [0.25, 0.3) is 0 Å². The summed E-state index contributed by atoms with van der Waals surface area (Å²) in [4.78, 5) is 11.8. The molecule has 0 bridgehead atoms. The number of nitriles is 1. The number of carbonyl (C=O) groups excluding carboxylic acids is 1. The summed E-state index contributed by atoms with van der Waals surface area (Å²) in [5.41, 5.74) is 3.67. The Kier molecular flexibility index (Phi) is 3.93. The predicted octanol–water partition coefficient (Wildman–Crippen LogP) is 2.76. The second-order valence-corrected chi connectivity index (χ2v) is 4.57. The van der Waals surface area contributed by atoms with Crippen molar-refractivity contribution in [1.29, 1.82) is 5.26 Å². The van der Waals surface area contributed by atoms with Crippen LogP contribution in [-0.4, -0.2) is 12.6 Å². The molecule has 0 aliphatic heterocycles. The average molecular weight is 231 g/mol. The number of rotatable bonds is 3. The molecule has 1 atom stereocenters. The highest BCUT2D eigenvalue weighted by Crippen LogP contribution is 2.33. The normalized spacial score (nSPS) is 19.1. The number of hydrogen-bond donors (Lipinski definition) is 0. The van der Waals surface area contributed by atoms with E-state index < -0.39 is 5.41 Å². The molecule has 0 aromatic rings. The van der Waals surface area contributed by atoms with E-state index in [-0.39, 0.29) is 11.9 Å². The number of carbonyl (C=O) groups is 1. The van der Waals surface area contributed by atoms with Gasteiger partial charge in [0.15, 0.2) is 0 Å². The van der Waals surface area contributed by atoms with Crippen LogP contribution in [0.2, 0.25) is 0 Å². The smallest absolute Gasteiger partial charge is 0.315 e. The first-order valence-corrected chi connectivity index (χ1v) is 5.69. The van der Waals surface area contributed by atoms with E-state index in [1.165, 1.54) is 0 Å². The van der Waals surface area contributed by atoms with E-state index in [0.29, 0.717) is 12.2 Å². The Morgan fingerprint density at radius 1 is 1.65 bits per heavy atom. The first-order chi connectivity index (χ1) is 7.93. The second-order valence-electron chi connectivity index (χ2n) is 4.57. The first kappa shape index (κ1) is 13.3. The van der Waals surface area contributed by atoms with E-state index in [1.807, 2.05) is 26.8 Å². The fraction of sp³-hybridized carbons (Fsp3) is 0.500. The molecule has 3 heteroatoms. The highest BCUT2D eigenvalue weighted by Gasteiger charge is 2.33. The molecule has 17 heavy (non-hydrogen) atoms. The van der Waals surface area contributed by atoms with Gasteiger partial charge in [-0.1, -0.05) is 13.0 Å². The van der Waals surface area contributed by atoms with Crippen LogP contribution in [0.5, 0.6) is 0 Å². The largest absolute Gasteiger partial charge is 0.465 e. The molecule has 0 aromatic heterocycles. The van der Waals surface area contributed by atoms with E-state index in [0.717, 1.165) is 5.57 Å². The second kappa shape index (κ2) is 5.03. The van der Waals surface area contributed by atoms with Gasteiger partial charge in [-0.15, -0.1) is 5.73 Å². The van der Waals surface area contributed by atoms with Gasteiger partial charge in [-0.25, -0.2) is 0 Å². The molecule has 0 aromatic carbocycles. The molecule has 0 spiro atoms. The monoisotopic (exact) mass is 231 g/mol. The number of esters is 1. The average Bonchev–Trinajstić information content (AvgIpc) is 2.29. The van der Waals surface area contributed by atoms with Gasteiger partial charge >= 0.3 is 5.97 Å². The molecular formula is C14H17NO2. The van der Waals surface area contributed by atoms with Crippen LogP contribution in [0.15, 0.2) is 29.0 Å². The van der Waals surface area contributed by atoms with E-state index >= 15 is 0 Å². The van der Waals surface area contributed by atoms with Gasteiger partial charge in [0.05, 0.1) is 17.6 Å². The van der Waals surface area contributed by atoms with Crippen LogP contribution >= 0.6 is 0 Å². The van der Waals surface area contributed by atoms with E-state index in [9.17, 15) is 4.79 Å². The lowest BCUT2D eigenvalue weighted by molar-refractivity contribution is -0.151. The summed E-state index contributed by atoms with van der Waals surface area (Å²) in [7, 11) is 0. The third-order valence-corrected chi connectivity index (χ3v) is 2.90. The fourth-order valence-electron chi connectivity index (χ4n) is 1.64. The van der Waals surface area contributed by atoms with Crippen molar-refractivity contribution in [3.05, 3.63) is 29.0 Å². The van der Waals surface area contributed by atoms with Gasteiger partial charge in [0.1, 0.15) is 6.07 Å². The minimum atomic E-state index is -0.696. The zero-order valence-corrected chi connectivity index (χ0v) is 10.7. The minimum absolute atomic E-state index is 0.00583. The molecule has 3 nitrogen and oxygen atoms in total. The fourth-order valence-corrected chi connectivity index (χ4v) is 1.64. The van der Waals surface area contributed by atoms with Crippen LogP contribution in [0.1, 0.15) is 27.7 Å². The van der Waals surface area contributed by atoms with Crippen LogP contribution in [0.4, 0.5) is 0 Å². The van der Waals surface area contributed by atoms with Crippen LogP contribution in [0.25, 0.3) is 0 Å². The third kappa shape index (κ3) is 2.67. The first-order valence-electron chi connectivity index (χ1n) is 5.69. The maximum absolute atomic E-state index is 11.8. The molecule has 0 fully saturated rings. The van der Waals surface area contributed by atoms with Crippen LogP contribution in [0.3, 0.4) is 0 Å². The Morgan fingerprint density at radius 2 is 2.29 bits per heavy atom. The standard InChI is InChI=1S/C14H17NO2/c1-5-17-13(16)14(3,4)12-7-6-11(9-15)10(2)8-12/h7-8,10H,5H2,1-4H3. The molecule has 90 valence electrons. The third-order valence-electron chi connectivity index (χ3n) is 2.90. The molecule has 0 amide bonds. The Balaban J connectivity index is 3.04. The van der Waals surface area contributed by atoms with Gasteiger partial charge in [-0.2, -0.15) is 5.26 Å². The van der Waals surface area contributed by atoms with Gasteiger partial charge in [0.2, 0.25) is 0 Å². The van der Waals surface area contributed by atoms with Crippen LogP contribution in [-0.2, 0) is 9.53 Å². The highest BCUT2D eigenvalue weighted by molar-refractivity contribution is 5.80. The summed E-state index contributed by atoms with van der Waals surface area (Å²) in [5, 5.41) is 8.85. The zero-order chi connectivity index (χ0) is 13.1. The summed E-state index contributed by atoms with van der Waals surface area (Å²) >= 11 is 0. The lowest BCUT2D eigenvalue weighted by atomic mass is 9.79. The van der Waals surface area contributed by atoms with Crippen molar-refractivity contribution >= 4 is 5.97 Å². The maximum Gasteiger partial charge on any atom is 0.315 e. The van der Waals surface area contributed by atoms with Crippen LogP contribution in [0, 0.1) is 22.7 Å². The SMILES string of the molecule is CCOC(=O)C(C)(C)C1=CC(C)C(C#N)=C=C1. The van der Waals surface area contributed by atoms with Crippen molar-refractivity contribution in [1.82, 2.24) is 0 Å². The molecule has 1 aliphatic rings. The van der Waals surface area contributed by atoms with E-state index in [2.05, 4.69) is 11.8 Å². The number of ether oxygens (including phenoxy) is 1. The van der Waals surface area contributed by atoms with Crippen molar-refractivity contribution in [2.24, 2.45) is 11.3 Å². The molecule has 0 radical (unpaired) electrons. The van der Waals surface area contributed by atoms with Crippen molar-refractivity contribution in [2.45, 2.75) is 27.7 Å². The molecule has 1 unspecified atom stereocenters.